The minimum Gasteiger partial charge on any atom is -0.309 e. The van der Waals surface area contributed by atoms with Gasteiger partial charge in [-0.05, 0) is 113 Å². The van der Waals surface area contributed by atoms with E-state index in [9.17, 15) is 0 Å². The van der Waals surface area contributed by atoms with Crippen LogP contribution in [-0.4, -0.2) is 0 Å². The Hall–Kier alpha value is -7.74. The minimum absolute atomic E-state index is 1.09. The van der Waals surface area contributed by atoms with Crippen LogP contribution in [-0.2, 0) is 0 Å². The Morgan fingerprint density at radius 1 is 0.220 bits per heavy atom. The zero-order valence-corrected chi connectivity index (χ0v) is 32.5. The normalized spacial score (nSPS) is 11.4. The lowest BCUT2D eigenvalue weighted by Crippen LogP contribution is -2.12. The number of benzene rings is 11. The molecule has 0 aliphatic carbocycles. The molecule has 0 aliphatic rings. The molecule has 0 fully saturated rings. The van der Waals surface area contributed by atoms with Crippen LogP contribution in [0, 0.1) is 0 Å². The van der Waals surface area contributed by atoms with Crippen LogP contribution in [0.3, 0.4) is 0 Å². The summed E-state index contributed by atoms with van der Waals surface area (Å²) in [6.45, 7) is 0. The van der Waals surface area contributed by atoms with Gasteiger partial charge in [0.2, 0.25) is 0 Å². The van der Waals surface area contributed by atoms with Crippen LogP contribution in [0.2, 0.25) is 0 Å². The highest BCUT2D eigenvalue weighted by molar-refractivity contribution is 6.14. The summed E-state index contributed by atoms with van der Waals surface area (Å²) in [7, 11) is 0. The van der Waals surface area contributed by atoms with E-state index in [-0.39, 0.29) is 0 Å². The van der Waals surface area contributed by atoms with E-state index in [1.54, 1.807) is 0 Å². The lowest BCUT2D eigenvalue weighted by atomic mass is 9.91. The number of fused-ring (bicyclic) bond motifs is 5. The van der Waals surface area contributed by atoms with Gasteiger partial charge in [-0.2, -0.15) is 0 Å². The van der Waals surface area contributed by atoms with E-state index >= 15 is 0 Å². The number of anilines is 3. The van der Waals surface area contributed by atoms with E-state index in [1.165, 1.54) is 87.6 Å². The topological polar surface area (TPSA) is 3.24 Å². The lowest BCUT2D eigenvalue weighted by molar-refractivity contribution is 1.30. The zero-order valence-electron chi connectivity index (χ0n) is 32.5. The van der Waals surface area contributed by atoms with Crippen molar-refractivity contribution in [2.24, 2.45) is 0 Å². The monoisotopic (exact) mass is 749 g/mol. The summed E-state index contributed by atoms with van der Waals surface area (Å²) in [5.41, 5.74) is 12.9. The van der Waals surface area contributed by atoms with Gasteiger partial charge in [0.1, 0.15) is 0 Å². The van der Waals surface area contributed by atoms with Crippen LogP contribution in [0.1, 0.15) is 0 Å². The minimum atomic E-state index is 1.09. The maximum atomic E-state index is 2.47. The van der Waals surface area contributed by atoms with E-state index in [1.807, 2.05) is 0 Å². The van der Waals surface area contributed by atoms with E-state index in [2.05, 4.69) is 241 Å². The molecule has 0 heterocycles. The first-order chi connectivity index (χ1) is 29.3. The molecule has 1 heteroatoms. The summed E-state index contributed by atoms with van der Waals surface area (Å²) >= 11 is 0. The van der Waals surface area contributed by atoms with Crippen molar-refractivity contribution in [3.05, 3.63) is 237 Å². The van der Waals surface area contributed by atoms with Crippen LogP contribution in [0.15, 0.2) is 237 Å². The fraction of sp³-hybridized carbons (Fsp3) is 0. The van der Waals surface area contributed by atoms with Gasteiger partial charge in [-0.3, -0.25) is 0 Å². The van der Waals surface area contributed by atoms with Crippen LogP contribution < -0.4 is 4.90 Å². The predicted molar refractivity (Wildman–Crippen MR) is 253 cm³/mol. The van der Waals surface area contributed by atoms with E-state index in [0.717, 1.165) is 17.1 Å². The molecular weight excluding hydrogens is 711 g/mol. The molecule has 11 aromatic rings. The van der Waals surface area contributed by atoms with Crippen LogP contribution in [0.4, 0.5) is 17.1 Å². The first-order valence-corrected chi connectivity index (χ1v) is 20.3. The van der Waals surface area contributed by atoms with Gasteiger partial charge in [-0.25, -0.2) is 0 Å². The molecule has 11 rings (SSSR count). The fourth-order valence-corrected chi connectivity index (χ4v) is 9.00. The van der Waals surface area contributed by atoms with Crippen molar-refractivity contribution in [3.8, 4) is 44.5 Å². The molecule has 11 aromatic carbocycles. The molecule has 0 saturated carbocycles. The Labute approximate surface area is 344 Å². The third-order valence-electron chi connectivity index (χ3n) is 11.8. The highest BCUT2D eigenvalue weighted by Gasteiger charge is 2.21. The van der Waals surface area contributed by atoms with Gasteiger partial charge < -0.3 is 4.90 Å². The molecule has 0 spiro atoms. The first kappa shape index (κ1) is 34.5. The standard InChI is InChI=1S/C58H39N/c1-2-15-42(16-3-1)53-36-33-47(56-38-46-19-6-8-25-51(46)54-27-10-11-28-55(54)56)39-58(53)59(57-30-14-21-43-18-5-9-26-52(43)57)48-34-31-40(32-35-48)44-22-12-23-45(37-44)50-29-13-20-41-17-4-7-24-49(41)50/h1-39H. The van der Waals surface area contributed by atoms with Gasteiger partial charge in [0.25, 0.3) is 0 Å². The molecule has 0 aromatic heterocycles. The van der Waals surface area contributed by atoms with Gasteiger partial charge >= 0.3 is 0 Å². The van der Waals surface area contributed by atoms with Gasteiger partial charge in [-0.15, -0.1) is 0 Å². The number of rotatable bonds is 7. The van der Waals surface area contributed by atoms with Crippen molar-refractivity contribution < 1.29 is 0 Å². The Bertz CT molecular complexity index is 3310. The summed E-state index contributed by atoms with van der Waals surface area (Å²) in [6.07, 6.45) is 0. The SMILES string of the molecule is c1ccc(-c2ccc(-c3cc4ccccc4c4ccccc34)cc2N(c2ccc(-c3cccc(-c4cccc5ccccc45)c3)cc2)c2cccc3ccccc23)cc1. The average molecular weight is 750 g/mol. The summed E-state index contributed by atoms with van der Waals surface area (Å²) in [4.78, 5) is 2.47. The Balaban J connectivity index is 1.11. The first-order valence-electron chi connectivity index (χ1n) is 20.3. The molecule has 0 bridgehead atoms. The lowest BCUT2D eigenvalue weighted by Gasteiger charge is -2.30. The second-order valence-electron chi connectivity index (χ2n) is 15.3. The van der Waals surface area contributed by atoms with E-state index in [0.29, 0.717) is 0 Å². The molecule has 0 aliphatic heterocycles. The molecule has 0 amide bonds. The van der Waals surface area contributed by atoms with Gasteiger partial charge in [-0.1, -0.05) is 200 Å². The smallest absolute Gasteiger partial charge is 0.0546 e. The summed E-state index contributed by atoms with van der Waals surface area (Å²) < 4.78 is 0. The van der Waals surface area contributed by atoms with Crippen molar-refractivity contribution >= 4 is 60.2 Å². The second-order valence-corrected chi connectivity index (χ2v) is 15.3. The third kappa shape index (κ3) is 6.21. The maximum Gasteiger partial charge on any atom is 0.0546 e. The molecule has 0 unspecified atom stereocenters. The third-order valence-corrected chi connectivity index (χ3v) is 11.8. The second kappa shape index (κ2) is 14.6. The predicted octanol–water partition coefficient (Wildman–Crippen LogP) is 16.4. The van der Waals surface area contributed by atoms with Gasteiger partial charge in [0.15, 0.2) is 0 Å². The molecule has 59 heavy (non-hydrogen) atoms. The molecular formula is C58H39N. The molecule has 276 valence electrons. The van der Waals surface area contributed by atoms with Crippen LogP contribution in [0.5, 0.6) is 0 Å². The van der Waals surface area contributed by atoms with E-state index < -0.39 is 0 Å². The van der Waals surface area contributed by atoms with Crippen LogP contribution >= 0.6 is 0 Å². The summed E-state index contributed by atoms with van der Waals surface area (Å²) in [5, 5.41) is 9.94. The van der Waals surface area contributed by atoms with Gasteiger partial charge in [0.05, 0.1) is 11.4 Å². The average Bonchev–Trinajstić information content (AvgIpc) is 3.32. The maximum absolute atomic E-state index is 2.47. The highest BCUT2D eigenvalue weighted by Crippen LogP contribution is 2.46. The Morgan fingerprint density at radius 3 is 1.56 bits per heavy atom. The summed E-state index contributed by atoms with van der Waals surface area (Å²) in [5.74, 6) is 0. The van der Waals surface area contributed by atoms with Gasteiger partial charge in [0, 0.05) is 16.6 Å². The van der Waals surface area contributed by atoms with Crippen molar-refractivity contribution in [3.63, 3.8) is 0 Å². The highest BCUT2D eigenvalue weighted by atomic mass is 15.1. The number of hydrogen-bond donors (Lipinski definition) is 0. The Morgan fingerprint density at radius 2 is 0.763 bits per heavy atom. The molecule has 0 N–H and O–H groups in total. The van der Waals surface area contributed by atoms with Crippen LogP contribution in [0.25, 0.3) is 87.6 Å². The zero-order chi connectivity index (χ0) is 39.1. The molecule has 1 nitrogen and oxygen atoms in total. The fourth-order valence-electron chi connectivity index (χ4n) is 9.00. The molecule has 0 saturated heterocycles. The van der Waals surface area contributed by atoms with Crippen molar-refractivity contribution in [1.29, 1.82) is 0 Å². The Kier molecular flexibility index (Phi) is 8.56. The quantitative estimate of drug-likeness (QED) is 0.147. The number of hydrogen-bond acceptors (Lipinski definition) is 1. The van der Waals surface area contributed by atoms with Crippen molar-refractivity contribution in [2.45, 2.75) is 0 Å². The largest absolute Gasteiger partial charge is 0.309 e. The van der Waals surface area contributed by atoms with Crippen molar-refractivity contribution in [2.75, 3.05) is 4.90 Å². The molecule has 0 atom stereocenters. The number of nitrogens with zero attached hydrogens (tertiary/aromatic N) is 1. The van der Waals surface area contributed by atoms with E-state index in [4.69, 9.17) is 0 Å². The van der Waals surface area contributed by atoms with Crippen molar-refractivity contribution in [1.82, 2.24) is 0 Å². The molecule has 0 radical (unpaired) electrons. The summed E-state index contributed by atoms with van der Waals surface area (Å²) in [6, 6.07) is 86.4.